The number of rotatable bonds is 5. The Morgan fingerprint density at radius 3 is 2.50 bits per heavy atom. The normalized spacial score (nSPS) is 13.9. The molecule has 164 valence electrons. The Bertz CT molecular complexity index is 1160. The molecule has 1 heterocycles. The highest BCUT2D eigenvalue weighted by molar-refractivity contribution is 6.34. The molecule has 0 aromatic heterocycles. The van der Waals surface area contributed by atoms with Gasteiger partial charge >= 0.3 is 6.03 Å². The molecule has 8 heteroatoms. The minimum Gasteiger partial charge on any atom is -0.321 e. The quantitative estimate of drug-likeness (QED) is 0.536. The molecule has 1 aliphatic rings. The highest BCUT2D eigenvalue weighted by Crippen LogP contribution is 2.30. The molecule has 3 aromatic rings. The summed E-state index contributed by atoms with van der Waals surface area (Å²) >= 11 is 6.27. The molecule has 1 aliphatic heterocycles. The van der Waals surface area contributed by atoms with E-state index in [1.54, 1.807) is 52.3 Å². The van der Waals surface area contributed by atoms with Crippen LogP contribution >= 0.6 is 11.6 Å². The van der Waals surface area contributed by atoms with E-state index in [0.717, 1.165) is 12.1 Å². The van der Waals surface area contributed by atoms with Crippen LogP contribution in [0.15, 0.2) is 66.7 Å². The predicted molar refractivity (Wildman–Crippen MR) is 120 cm³/mol. The van der Waals surface area contributed by atoms with Crippen LogP contribution in [0.2, 0.25) is 5.02 Å². The molecule has 3 aromatic carbocycles. The van der Waals surface area contributed by atoms with Gasteiger partial charge in [0.05, 0.1) is 10.7 Å². The van der Waals surface area contributed by atoms with Crippen LogP contribution in [0.4, 0.5) is 25.0 Å². The third-order valence-electron chi connectivity index (χ3n) is 5.21. The summed E-state index contributed by atoms with van der Waals surface area (Å²) in [5.41, 5.74) is 1.97. The standard InChI is InChI=1S/C24H20ClF2N3O2/c25-19-9-8-18(14-22(19)28-23(31)17-5-2-1-3-6-17)30-12-4-11-29(24(30)32)15-16-7-10-20(26)21(27)13-16/h1-3,5-10,13-14H,4,11-12,15H2,(H,28,31). The lowest BCUT2D eigenvalue weighted by Gasteiger charge is -2.36. The number of benzene rings is 3. The van der Waals surface area contributed by atoms with E-state index < -0.39 is 11.6 Å². The Hall–Kier alpha value is -3.45. The number of carbonyl (C=O) groups is 2. The Balaban J connectivity index is 1.52. The molecule has 1 saturated heterocycles. The molecule has 0 spiro atoms. The highest BCUT2D eigenvalue weighted by atomic mass is 35.5. The molecular formula is C24H20ClF2N3O2. The van der Waals surface area contributed by atoms with Gasteiger partial charge in [0.15, 0.2) is 11.6 Å². The van der Waals surface area contributed by atoms with Gasteiger partial charge in [-0.05, 0) is 54.4 Å². The molecule has 0 radical (unpaired) electrons. The van der Waals surface area contributed by atoms with Gasteiger partial charge in [-0.25, -0.2) is 13.6 Å². The lowest BCUT2D eigenvalue weighted by molar-refractivity contribution is 0.102. The SMILES string of the molecule is O=C(Nc1cc(N2CCCN(Cc3ccc(F)c(F)c3)C2=O)ccc1Cl)c1ccccc1. The van der Waals surface area contributed by atoms with Crippen LogP contribution in [0.1, 0.15) is 22.3 Å². The van der Waals surface area contributed by atoms with Crippen LogP contribution in [0.5, 0.6) is 0 Å². The van der Waals surface area contributed by atoms with Crippen molar-refractivity contribution in [3.8, 4) is 0 Å². The van der Waals surface area contributed by atoms with Gasteiger partial charge in [-0.2, -0.15) is 0 Å². The smallest absolute Gasteiger partial charge is 0.321 e. The van der Waals surface area contributed by atoms with Crippen LogP contribution < -0.4 is 10.2 Å². The summed E-state index contributed by atoms with van der Waals surface area (Å²) in [6, 6.07) is 17.1. The minimum atomic E-state index is -0.944. The van der Waals surface area contributed by atoms with E-state index in [-0.39, 0.29) is 18.5 Å². The fourth-order valence-corrected chi connectivity index (χ4v) is 3.75. The van der Waals surface area contributed by atoms with Gasteiger partial charge in [0.1, 0.15) is 0 Å². The Labute approximate surface area is 189 Å². The van der Waals surface area contributed by atoms with E-state index in [2.05, 4.69) is 5.32 Å². The molecule has 3 amide bonds. The average Bonchev–Trinajstić information content (AvgIpc) is 2.80. The summed E-state index contributed by atoms with van der Waals surface area (Å²) in [7, 11) is 0. The maximum Gasteiger partial charge on any atom is 0.324 e. The van der Waals surface area contributed by atoms with Gasteiger partial charge in [-0.1, -0.05) is 35.9 Å². The number of hydrogen-bond donors (Lipinski definition) is 1. The van der Waals surface area contributed by atoms with Crippen molar-refractivity contribution in [2.45, 2.75) is 13.0 Å². The number of hydrogen-bond acceptors (Lipinski definition) is 2. The molecule has 0 bridgehead atoms. The number of anilines is 2. The van der Waals surface area contributed by atoms with E-state index in [1.807, 2.05) is 6.07 Å². The monoisotopic (exact) mass is 455 g/mol. The number of nitrogens with zero attached hydrogens (tertiary/aromatic N) is 2. The van der Waals surface area contributed by atoms with Gasteiger partial charge in [0.2, 0.25) is 0 Å². The third kappa shape index (κ3) is 4.73. The summed E-state index contributed by atoms with van der Waals surface area (Å²) < 4.78 is 26.7. The molecule has 0 atom stereocenters. The van der Waals surface area contributed by atoms with E-state index >= 15 is 0 Å². The number of halogens is 3. The number of carbonyl (C=O) groups excluding carboxylic acids is 2. The van der Waals surface area contributed by atoms with Crippen molar-refractivity contribution in [2.75, 3.05) is 23.3 Å². The van der Waals surface area contributed by atoms with E-state index in [9.17, 15) is 18.4 Å². The second-order valence-electron chi connectivity index (χ2n) is 7.44. The second kappa shape index (κ2) is 9.36. The van der Waals surface area contributed by atoms with Gasteiger partial charge < -0.3 is 10.2 Å². The Morgan fingerprint density at radius 2 is 1.75 bits per heavy atom. The van der Waals surface area contributed by atoms with Crippen molar-refractivity contribution in [3.05, 3.63) is 94.5 Å². The van der Waals surface area contributed by atoms with Crippen LogP contribution in [0.25, 0.3) is 0 Å². The van der Waals surface area contributed by atoms with Gasteiger partial charge in [-0.15, -0.1) is 0 Å². The Morgan fingerprint density at radius 1 is 0.969 bits per heavy atom. The maximum absolute atomic E-state index is 13.5. The van der Waals surface area contributed by atoms with Crippen molar-refractivity contribution in [3.63, 3.8) is 0 Å². The first-order valence-corrected chi connectivity index (χ1v) is 10.5. The molecular weight excluding hydrogens is 436 g/mol. The molecule has 32 heavy (non-hydrogen) atoms. The van der Waals surface area contributed by atoms with E-state index in [4.69, 9.17) is 11.6 Å². The van der Waals surface area contributed by atoms with Crippen LogP contribution in [-0.4, -0.2) is 29.9 Å². The highest BCUT2D eigenvalue weighted by Gasteiger charge is 2.27. The Kier molecular flexibility index (Phi) is 6.37. The second-order valence-corrected chi connectivity index (χ2v) is 7.85. The topological polar surface area (TPSA) is 52.7 Å². The van der Waals surface area contributed by atoms with Gasteiger partial charge in [0, 0.05) is 30.9 Å². The van der Waals surface area contributed by atoms with Crippen molar-refractivity contribution >= 4 is 34.9 Å². The molecule has 4 rings (SSSR count). The van der Waals surface area contributed by atoms with Crippen molar-refractivity contribution in [1.29, 1.82) is 0 Å². The summed E-state index contributed by atoms with van der Waals surface area (Å²) in [6.07, 6.45) is 0.698. The summed E-state index contributed by atoms with van der Waals surface area (Å²) in [5, 5.41) is 3.13. The van der Waals surface area contributed by atoms with Crippen molar-refractivity contribution < 1.29 is 18.4 Å². The first kappa shape index (κ1) is 21.8. The van der Waals surface area contributed by atoms with Crippen LogP contribution in [0.3, 0.4) is 0 Å². The zero-order valence-corrected chi connectivity index (χ0v) is 17.8. The predicted octanol–water partition coefficient (Wildman–Crippen LogP) is 5.70. The van der Waals surface area contributed by atoms with Crippen LogP contribution in [-0.2, 0) is 6.54 Å². The first-order chi connectivity index (χ1) is 15.4. The molecule has 0 unspecified atom stereocenters. The minimum absolute atomic E-state index is 0.164. The van der Waals surface area contributed by atoms with Crippen molar-refractivity contribution in [2.24, 2.45) is 0 Å². The molecule has 0 saturated carbocycles. The molecule has 1 N–H and O–H groups in total. The van der Waals surface area contributed by atoms with Gasteiger partial charge in [0.25, 0.3) is 5.91 Å². The van der Waals surface area contributed by atoms with E-state index in [0.29, 0.717) is 47.0 Å². The summed E-state index contributed by atoms with van der Waals surface area (Å²) in [6.45, 7) is 1.15. The molecule has 5 nitrogen and oxygen atoms in total. The first-order valence-electron chi connectivity index (χ1n) is 10.1. The average molecular weight is 456 g/mol. The third-order valence-corrected chi connectivity index (χ3v) is 5.54. The summed E-state index contributed by atoms with van der Waals surface area (Å²) in [4.78, 5) is 28.8. The van der Waals surface area contributed by atoms with Crippen LogP contribution in [0, 0.1) is 11.6 Å². The lowest BCUT2D eigenvalue weighted by Crippen LogP contribution is -2.49. The molecule has 1 fully saturated rings. The maximum atomic E-state index is 13.5. The van der Waals surface area contributed by atoms with E-state index in [1.165, 1.54) is 6.07 Å². The van der Waals surface area contributed by atoms with Crippen molar-refractivity contribution in [1.82, 2.24) is 4.90 Å². The summed E-state index contributed by atoms with van der Waals surface area (Å²) in [5.74, 6) is -2.18. The zero-order valence-electron chi connectivity index (χ0n) is 17.0. The fraction of sp³-hybridized carbons (Fsp3) is 0.167. The number of amides is 3. The molecule has 0 aliphatic carbocycles. The number of urea groups is 1. The lowest BCUT2D eigenvalue weighted by atomic mass is 10.1. The number of nitrogens with one attached hydrogen (secondary N) is 1. The van der Waals surface area contributed by atoms with Gasteiger partial charge in [-0.3, -0.25) is 9.69 Å². The zero-order chi connectivity index (χ0) is 22.7. The fourth-order valence-electron chi connectivity index (χ4n) is 3.59. The largest absolute Gasteiger partial charge is 0.324 e.